The molecule has 1 aliphatic heterocycles. The summed E-state index contributed by atoms with van der Waals surface area (Å²) in [6.07, 6.45) is 10.3. The van der Waals surface area contributed by atoms with Crippen LogP contribution in [0.4, 0.5) is 9.59 Å². The number of hydrogen-bond acceptors (Lipinski definition) is 2. The van der Waals surface area contributed by atoms with E-state index in [9.17, 15) is 9.59 Å². The Morgan fingerprint density at radius 2 is 1.36 bits per heavy atom. The summed E-state index contributed by atoms with van der Waals surface area (Å²) in [5.74, 6) is 0. The van der Waals surface area contributed by atoms with E-state index in [-0.39, 0.29) is 18.1 Å². The Labute approximate surface area is 133 Å². The van der Waals surface area contributed by atoms with Gasteiger partial charge in [0.05, 0.1) is 0 Å². The normalized spacial score (nSPS) is 21.6. The Morgan fingerprint density at radius 3 is 1.95 bits per heavy atom. The Kier molecular flexibility index (Phi) is 6.80. The fraction of sp³-hybridized carbons (Fsp3) is 0.875. The van der Waals surface area contributed by atoms with Crippen LogP contribution in [-0.4, -0.2) is 49.2 Å². The van der Waals surface area contributed by atoms with Gasteiger partial charge in [-0.3, -0.25) is 0 Å². The Bertz CT molecular complexity index is 359. The van der Waals surface area contributed by atoms with E-state index in [0.717, 1.165) is 25.7 Å². The molecular formula is C16H30N4O2. The number of piperidine rings is 1. The van der Waals surface area contributed by atoms with E-state index < -0.39 is 0 Å². The Hall–Kier alpha value is -1.46. The molecule has 1 aliphatic carbocycles. The van der Waals surface area contributed by atoms with Gasteiger partial charge in [-0.2, -0.15) is 0 Å². The molecule has 0 unspecified atom stereocenters. The van der Waals surface area contributed by atoms with Crippen LogP contribution in [0.1, 0.15) is 57.8 Å². The zero-order valence-corrected chi connectivity index (χ0v) is 13.7. The lowest BCUT2D eigenvalue weighted by molar-refractivity contribution is 0.171. The highest BCUT2D eigenvalue weighted by molar-refractivity contribution is 5.75. The minimum Gasteiger partial charge on any atom is -0.341 e. The second-order valence-corrected chi connectivity index (χ2v) is 6.48. The van der Waals surface area contributed by atoms with Crippen molar-refractivity contribution in [1.82, 2.24) is 20.9 Å². The summed E-state index contributed by atoms with van der Waals surface area (Å²) in [6.45, 7) is 1.43. The summed E-state index contributed by atoms with van der Waals surface area (Å²) in [5, 5.41) is 8.70. The van der Waals surface area contributed by atoms with Crippen LogP contribution < -0.4 is 16.0 Å². The molecular weight excluding hydrogens is 280 g/mol. The SMILES string of the molecule is CNC(=O)NC1CCN(C(=O)NC2CCCCCCC2)CC1. The molecule has 0 spiro atoms. The number of hydrogen-bond donors (Lipinski definition) is 3. The summed E-state index contributed by atoms with van der Waals surface area (Å²) in [4.78, 5) is 25.6. The van der Waals surface area contributed by atoms with Crippen molar-refractivity contribution in [2.45, 2.75) is 69.9 Å². The Balaban J connectivity index is 1.71. The zero-order valence-electron chi connectivity index (χ0n) is 13.7. The molecule has 0 aromatic heterocycles. The third-order valence-electron chi connectivity index (χ3n) is 4.78. The highest BCUT2D eigenvalue weighted by Crippen LogP contribution is 2.18. The quantitative estimate of drug-likeness (QED) is 0.731. The predicted molar refractivity (Wildman–Crippen MR) is 86.8 cm³/mol. The summed E-state index contributed by atoms with van der Waals surface area (Å²) in [7, 11) is 1.62. The molecule has 4 amide bonds. The maximum atomic E-state index is 12.4. The van der Waals surface area contributed by atoms with E-state index in [0.29, 0.717) is 19.1 Å². The molecule has 6 nitrogen and oxygen atoms in total. The minimum absolute atomic E-state index is 0.0731. The molecule has 0 aromatic carbocycles. The molecule has 1 saturated carbocycles. The van der Waals surface area contributed by atoms with Gasteiger partial charge in [0.25, 0.3) is 0 Å². The van der Waals surface area contributed by atoms with Crippen LogP contribution in [0.25, 0.3) is 0 Å². The monoisotopic (exact) mass is 310 g/mol. The van der Waals surface area contributed by atoms with Gasteiger partial charge in [0.15, 0.2) is 0 Å². The lowest BCUT2D eigenvalue weighted by Crippen LogP contribution is -2.52. The molecule has 2 fully saturated rings. The van der Waals surface area contributed by atoms with Crippen LogP contribution in [0.3, 0.4) is 0 Å². The first kappa shape index (κ1) is 16.9. The highest BCUT2D eigenvalue weighted by Gasteiger charge is 2.25. The second kappa shape index (κ2) is 8.86. The van der Waals surface area contributed by atoms with Crippen molar-refractivity contribution in [2.75, 3.05) is 20.1 Å². The van der Waals surface area contributed by atoms with Crippen molar-refractivity contribution in [2.24, 2.45) is 0 Å². The molecule has 1 saturated heterocycles. The van der Waals surface area contributed by atoms with Crippen LogP contribution in [0.15, 0.2) is 0 Å². The van der Waals surface area contributed by atoms with Gasteiger partial charge in [-0.25, -0.2) is 9.59 Å². The molecule has 1 heterocycles. The van der Waals surface area contributed by atoms with Gasteiger partial charge in [0.2, 0.25) is 0 Å². The van der Waals surface area contributed by atoms with Crippen molar-refractivity contribution in [3.63, 3.8) is 0 Å². The first-order valence-electron chi connectivity index (χ1n) is 8.72. The van der Waals surface area contributed by atoms with Crippen molar-refractivity contribution in [3.8, 4) is 0 Å². The van der Waals surface area contributed by atoms with E-state index in [4.69, 9.17) is 0 Å². The van der Waals surface area contributed by atoms with E-state index in [2.05, 4.69) is 16.0 Å². The van der Waals surface area contributed by atoms with Crippen LogP contribution in [-0.2, 0) is 0 Å². The third kappa shape index (κ3) is 5.39. The average molecular weight is 310 g/mol. The molecule has 2 rings (SSSR count). The molecule has 22 heavy (non-hydrogen) atoms. The number of carbonyl (C=O) groups is 2. The van der Waals surface area contributed by atoms with Gasteiger partial charge < -0.3 is 20.9 Å². The standard InChI is InChI=1S/C16H30N4O2/c1-17-15(21)18-14-9-11-20(12-10-14)16(22)19-13-7-5-3-2-4-6-8-13/h13-14H,2-12H2,1H3,(H,19,22)(H2,17,18,21). The first-order chi connectivity index (χ1) is 10.7. The maximum Gasteiger partial charge on any atom is 0.317 e. The first-order valence-corrected chi connectivity index (χ1v) is 8.72. The second-order valence-electron chi connectivity index (χ2n) is 6.48. The minimum atomic E-state index is -0.141. The molecule has 0 radical (unpaired) electrons. The molecule has 0 bridgehead atoms. The van der Waals surface area contributed by atoms with Crippen molar-refractivity contribution < 1.29 is 9.59 Å². The summed E-state index contributed by atoms with van der Waals surface area (Å²) in [5.41, 5.74) is 0. The van der Waals surface area contributed by atoms with Crippen molar-refractivity contribution in [1.29, 1.82) is 0 Å². The molecule has 6 heteroatoms. The number of nitrogens with zero attached hydrogens (tertiary/aromatic N) is 1. The number of nitrogens with one attached hydrogen (secondary N) is 3. The number of urea groups is 2. The summed E-state index contributed by atoms with van der Waals surface area (Å²) >= 11 is 0. The van der Waals surface area contributed by atoms with Crippen LogP contribution in [0.2, 0.25) is 0 Å². The van der Waals surface area contributed by atoms with Gasteiger partial charge in [0, 0.05) is 32.2 Å². The van der Waals surface area contributed by atoms with E-state index in [1.54, 1.807) is 7.05 Å². The molecule has 126 valence electrons. The smallest absolute Gasteiger partial charge is 0.317 e. The summed E-state index contributed by atoms with van der Waals surface area (Å²) in [6, 6.07) is 0.446. The predicted octanol–water partition coefficient (Wildman–Crippen LogP) is 2.20. The van der Waals surface area contributed by atoms with Gasteiger partial charge in [0.1, 0.15) is 0 Å². The van der Waals surface area contributed by atoms with Crippen LogP contribution >= 0.6 is 0 Å². The number of amides is 4. The average Bonchev–Trinajstić information content (AvgIpc) is 2.50. The van der Waals surface area contributed by atoms with E-state index in [1.807, 2.05) is 4.90 Å². The van der Waals surface area contributed by atoms with Gasteiger partial charge in [-0.15, -0.1) is 0 Å². The summed E-state index contributed by atoms with van der Waals surface area (Å²) < 4.78 is 0. The topological polar surface area (TPSA) is 73.5 Å². The molecule has 2 aliphatic rings. The fourth-order valence-corrected chi connectivity index (χ4v) is 3.35. The lowest BCUT2D eigenvalue weighted by atomic mass is 9.97. The highest BCUT2D eigenvalue weighted by atomic mass is 16.2. The van der Waals surface area contributed by atoms with Crippen LogP contribution in [0, 0.1) is 0 Å². The Morgan fingerprint density at radius 1 is 0.818 bits per heavy atom. The van der Waals surface area contributed by atoms with Crippen LogP contribution in [0.5, 0.6) is 0 Å². The molecule has 0 aromatic rings. The van der Waals surface area contributed by atoms with Crippen molar-refractivity contribution >= 4 is 12.1 Å². The van der Waals surface area contributed by atoms with E-state index >= 15 is 0 Å². The molecule has 3 N–H and O–H groups in total. The van der Waals surface area contributed by atoms with Gasteiger partial charge >= 0.3 is 12.1 Å². The maximum absolute atomic E-state index is 12.4. The van der Waals surface area contributed by atoms with E-state index in [1.165, 1.54) is 32.1 Å². The fourth-order valence-electron chi connectivity index (χ4n) is 3.35. The number of rotatable bonds is 2. The number of carbonyl (C=O) groups excluding carboxylic acids is 2. The lowest BCUT2D eigenvalue weighted by Gasteiger charge is -2.33. The zero-order chi connectivity index (χ0) is 15.8. The van der Waals surface area contributed by atoms with Gasteiger partial charge in [-0.1, -0.05) is 32.1 Å². The van der Waals surface area contributed by atoms with Crippen molar-refractivity contribution in [3.05, 3.63) is 0 Å². The van der Waals surface area contributed by atoms with Gasteiger partial charge in [-0.05, 0) is 25.7 Å². The molecule has 0 atom stereocenters. The third-order valence-corrected chi connectivity index (χ3v) is 4.78. The number of likely N-dealkylation sites (tertiary alicyclic amines) is 1. The largest absolute Gasteiger partial charge is 0.341 e.